The summed E-state index contributed by atoms with van der Waals surface area (Å²) in [6.07, 6.45) is -0.547. The molecule has 0 radical (unpaired) electrons. The number of methoxy groups -OCH3 is 1. The second kappa shape index (κ2) is 6.17. The Balaban J connectivity index is 2.20. The van der Waals surface area contributed by atoms with Gasteiger partial charge in [-0.3, -0.25) is 0 Å². The van der Waals surface area contributed by atoms with E-state index in [0.29, 0.717) is 10.9 Å². The Labute approximate surface area is 120 Å². The van der Waals surface area contributed by atoms with Crippen molar-refractivity contribution >= 4 is 15.9 Å². The van der Waals surface area contributed by atoms with Crippen LogP contribution >= 0.6 is 15.9 Å². The van der Waals surface area contributed by atoms with Crippen LogP contribution in [0, 0.1) is 5.82 Å². The Kier molecular flexibility index (Phi) is 4.56. The molecule has 0 amide bonds. The van der Waals surface area contributed by atoms with E-state index in [1.54, 1.807) is 25.3 Å². The van der Waals surface area contributed by atoms with Gasteiger partial charge in [-0.2, -0.15) is 0 Å². The Morgan fingerprint density at radius 3 is 2.74 bits per heavy atom. The van der Waals surface area contributed by atoms with Crippen LogP contribution in [0.3, 0.4) is 0 Å². The fourth-order valence-electron chi connectivity index (χ4n) is 1.91. The highest BCUT2D eigenvalue weighted by atomic mass is 79.9. The fourth-order valence-corrected chi connectivity index (χ4v) is 2.29. The van der Waals surface area contributed by atoms with Gasteiger partial charge in [0, 0.05) is 12.0 Å². The van der Waals surface area contributed by atoms with Crippen molar-refractivity contribution in [1.29, 1.82) is 0 Å². The highest BCUT2D eigenvalue weighted by Gasteiger charge is 2.15. The monoisotopic (exact) mass is 324 g/mol. The van der Waals surface area contributed by atoms with Crippen LogP contribution in [0.1, 0.15) is 17.2 Å². The summed E-state index contributed by atoms with van der Waals surface area (Å²) in [6.45, 7) is 0. The number of benzene rings is 2. The van der Waals surface area contributed by atoms with E-state index in [1.807, 2.05) is 24.3 Å². The van der Waals surface area contributed by atoms with Crippen LogP contribution in [0.5, 0.6) is 5.75 Å². The molecule has 0 aliphatic heterocycles. The number of aliphatic hydroxyl groups is 1. The lowest BCUT2D eigenvalue weighted by molar-refractivity contribution is 0.173. The minimum Gasteiger partial charge on any atom is -0.497 e. The zero-order valence-corrected chi connectivity index (χ0v) is 12.0. The van der Waals surface area contributed by atoms with Gasteiger partial charge in [0.15, 0.2) is 0 Å². The van der Waals surface area contributed by atoms with Gasteiger partial charge in [0.1, 0.15) is 11.6 Å². The Bertz CT molecular complexity index is 572. The molecule has 2 aromatic carbocycles. The minimum absolute atomic E-state index is 0.289. The molecular weight excluding hydrogens is 311 g/mol. The summed E-state index contributed by atoms with van der Waals surface area (Å²) in [4.78, 5) is 0. The summed E-state index contributed by atoms with van der Waals surface area (Å²) in [7, 11) is 1.59. The van der Waals surface area contributed by atoms with Crippen LogP contribution in [-0.4, -0.2) is 12.2 Å². The Hall–Kier alpha value is -1.39. The van der Waals surface area contributed by atoms with Gasteiger partial charge in [0.2, 0.25) is 0 Å². The number of ether oxygens (including phenoxy) is 1. The largest absolute Gasteiger partial charge is 0.497 e. The number of hydrogen-bond acceptors (Lipinski definition) is 2. The Morgan fingerprint density at radius 2 is 2.00 bits per heavy atom. The van der Waals surface area contributed by atoms with Crippen molar-refractivity contribution in [3.05, 3.63) is 63.9 Å². The molecule has 1 N–H and O–H groups in total. The normalized spacial score (nSPS) is 12.2. The van der Waals surface area contributed by atoms with E-state index in [-0.39, 0.29) is 5.56 Å². The molecule has 4 heteroatoms. The van der Waals surface area contributed by atoms with E-state index in [9.17, 15) is 9.50 Å². The van der Waals surface area contributed by atoms with E-state index in [4.69, 9.17) is 4.74 Å². The van der Waals surface area contributed by atoms with Crippen molar-refractivity contribution < 1.29 is 14.2 Å². The lowest BCUT2D eigenvalue weighted by Crippen LogP contribution is -2.05. The molecule has 0 heterocycles. The molecule has 0 fully saturated rings. The minimum atomic E-state index is -0.885. The summed E-state index contributed by atoms with van der Waals surface area (Å²) in [5.41, 5.74) is 1.18. The fraction of sp³-hybridized carbons (Fsp3) is 0.200. The highest BCUT2D eigenvalue weighted by molar-refractivity contribution is 9.10. The molecule has 0 saturated heterocycles. The zero-order valence-electron chi connectivity index (χ0n) is 10.4. The molecule has 0 aliphatic carbocycles. The van der Waals surface area contributed by atoms with Crippen molar-refractivity contribution in [2.75, 3.05) is 7.11 Å². The third-order valence-corrected chi connectivity index (χ3v) is 3.52. The van der Waals surface area contributed by atoms with E-state index >= 15 is 0 Å². The maximum Gasteiger partial charge on any atom is 0.143 e. The summed E-state index contributed by atoms with van der Waals surface area (Å²) in [6, 6.07) is 12.3. The molecule has 0 saturated carbocycles. The third kappa shape index (κ3) is 3.33. The third-order valence-electron chi connectivity index (χ3n) is 2.90. The van der Waals surface area contributed by atoms with Gasteiger partial charge in [0.05, 0.1) is 17.7 Å². The first-order chi connectivity index (χ1) is 9.11. The summed E-state index contributed by atoms with van der Waals surface area (Å²) >= 11 is 3.12. The first-order valence-corrected chi connectivity index (χ1v) is 6.66. The van der Waals surface area contributed by atoms with Crippen molar-refractivity contribution in [1.82, 2.24) is 0 Å². The van der Waals surface area contributed by atoms with Gasteiger partial charge in [0.25, 0.3) is 0 Å². The molecular formula is C15H14BrFO2. The predicted octanol–water partition coefficient (Wildman–Crippen LogP) is 3.87. The van der Waals surface area contributed by atoms with Gasteiger partial charge < -0.3 is 9.84 Å². The molecule has 0 aromatic heterocycles. The maximum absolute atomic E-state index is 13.9. The molecule has 0 bridgehead atoms. The smallest absolute Gasteiger partial charge is 0.143 e. The molecule has 0 spiro atoms. The molecule has 2 rings (SSSR count). The quantitative estimate of drug-likeness (QED) is 0.925. The lowest BCUT2D eigenvalue weighted by atomic mass is 10.0. The number of aliphatic hydroxyl groups excluding tert-OH is 1. The standard InChI is InChI=1S/C15H14BrFO2/c1-19-11-5-2-4-10(8-11)9-14(18)12-6-3-7-13(16)15(12)17/h2-8,14,18H,9H2,1H3. The average Bonchev–Trinajstić information content (AvgIpc) is 2.42. The van der Waals surface area contributed by atoms with Crippen LogP contribution in [0.2, 0.25) is 0 Å². The summed E-state index contributed by atoms with van der Waals surface area (Å²) in [5, 5.41) is 10.1. The van der Waals surface area contributed by atoms with E-state index in [2.05, 4.69) is 15.9 Å². The molecule has 1 atom stereocenters. The highest BCUT2D eigenvalue weighted by Crippen LogP contribution is 2.26. The first-order valence-electron chi connectivity index (χ1n) is 5.86. The van der Waals surface area contributed by atoms with Gasteiger partial charge in [-0.1, -0.05) is 24.3 Å². The van der Waals surface area contributed by atoms with Crippen LogP contribution < -0.4 is 4.74 Å². The van der Waals surface area contributed by atoms with Gasteiger partial charge in [-0.15, -0.1) is 0 Å². The second-order valence-electron chi connectivity index (χ2n) is 4.21. The van der Waals surface area contributed by atoms with Crippen LogP contribution in [-0.2, 0) is 6.42 Å². The molecule has 1 unspecified atom stereocenters. The molecule has 100 valence electrons. The molecule has 19 heavy (non-hydrogen) atoms. The van der Waals surface area contributed by atoms with Crippen LogP contribution in [0.15, 0.2) is 46.9 Å². The SMILES string of the molecule is COc1cccc(CC(O)c2cccc(Br)c2F)c1. The first kappa shape index (κ1) is 14.0. The van der Waals surface area contributed by atoms with Gasteiger partial charge >= 0.3 is 0 Å². The van der Waals surface area contributed by atoms with Crippen molar-refractivity contribution in [2.45, 2.75) is 12.5 Å². The number of halogens is 2. The Morgan fingerprint density at radius 1 is 1.26 bits per heavy atom. The topological polar surface area (TPSA) is 29.5 Å². The predicted molar refractivity (Wildman–Crippen MR) is 75.8 cm³/mol. The van der Waals surface area contributed by atoms with Crippen molar-refractivity contribution in [3.63, 3.8) is 0 Å². The van der Waals surface area contributed by atoms with Crippen molar-refractivity contribution in [3.8, 4) is 5.75 Å². The van der Waals surface area contributed by atoms with Gasteiger partial charge in [-0.25, -0.2) is 4.39 Å². The maximum atomic E-state index is 13.9. The second-order valence-corrected chi connectivity index (χ2v) is 5.07. The number of rotatable bonds is 4. The van der Waals surface area contributed by atoms with Gasteiger partial charge in [-0.05, 0) is 39.7 Å². The molecule has 0 aliphatic rings. The van der Waals surface area contributed by atoms with E-state index in [0.717, 1.165) is 11.3 Å². The zero-order chi connectivity index (χ0) is 13.8. The van der Waals surface area contributed by atoms with E-state index < -0.39 is 11.9 Å². The lowest BCUT2D eigenvalue weighted by Gasteiger charge is -2.13. The summed E-state index contributed by atoms with van der Waals surface area (Å²) in [5.74, 6) is 0.303. The van der Waals surface area contributed by atoms with Crippen LogP contribution in [0.25, 0.3) is 0 Å². The molecule has 2 aromatic rings. The van der Waals surface area contributed by atoms with E-state index in [1.165, 1.54) is 0 Å². The molecule has 2 nitrogen and oxygen atoms in total. The van der Waals surface area contributed by atoms with Crippen LogP contribution in [0.4, 0.5) is 4.39 Å². The number of hydrogen-bond donors (Lipinski definition) is 1. The van der Waals surface area contributed by atoms with Crippen molar-refractivity contribution in [2.24, 2.45) is 0 Å². The average molecular weight is 325 g/mol. The summed E-state index contributed by atoms with van der Waals surface area (Å²) < 4.78 is 19.3.